The van der Waals surface area contributed by atoms with E-state index < -0.39 is 11.2 Å². The summed E-state index contributed by atoms with van der Waals surface area (Å²) in [6, 6.07) is 0. The largest absolute Gasteiger partial charge is 0.445 e. The molecule has 0 aliphatic rings. The summed E-state index contributed by atoms with van der Waals surface area (Å²) in [7, 11) is 0. The highest BCUT2D eigenvalue weighted by atomic mass is 35.5. The molecule has 0 aromatic carbocycles. The van der Waals surface area contributed by atoms with Gasteiger partial charge in [0.1, 0.15) is 0 Å². The summed E-state index contributed by atoms with van der Waals surface area (Å²) in [5, 5.41) is 8.48. The van der Waals surface area contributed by atoms with Gasteiger partial charge in [0.25, 0.3) is 0 Å². The molecular formula is C8H11ClF3N3S. The van der Waals surface area contributed by atoms with Gasteiger partial charge in [0.2, 0.25) is 10.1 Å². The van der Waals surface area contributed by atoms with Crippen molar-refractivity contribution in [3.8, 4) is 0 Å². The zero-order valence-corrected chi connectivity index (χ0v) is 10.1. The number of hydrogen-bond donors (Lipinski definition) is 1. The number of rotatable bonds is 5. The SMILES string of the molecule is CCC(Cl)CCNc1nnc(C(F)(F)F)s1. The molecule has 0 spiro atoms. The molecule has 8 heteroatoms. The Kier molecular flexibility index (Phi) is 4.79. The maximum Gasteiger partial charge on any atom is 0.445 e. The monoisotopic (exact) mass is 273 g/mol. The van der Waals surface area contributed by atoms with Crippen LogP contribution in [0.1, 0.15) is 24.8 Å². The quantitative estimate of drug-likeness (QED) is 0.836. The first-order valence-electron chi connectivity index (χ1n) is 4.72. The van der Waals surface area contributed by atoms with Crippen LogP contribution >= 0.6 is 22.9 Å². The predicted molar refractivity (Wildman–Crippen MR) is 57.9 cm³/mol. The van der Waals surface area contributed by atoms with Crippen molar-refractivity contribution in [3.63, 3.8) is 0 Å². The van der Waals surface area contributed by atoms with Crippen LogP contribution in [0.3, 0.4) is 0 Å². The Morgan fingerprint density at radius 2 is 2.12 bits per heavy atom. The third-order valence-corrected chi connectivity index (χ3v) is 3.30. The van der Waals surface area contributed by atoms with Gasteiger partial charge in [-0.05, 0) is 12.8 Å². The van der Waals surface area contributed by atoms with Crippen molar-refractivity contribution in [1.29, 1.82) is 0 Å². The lowest BCUT2D eigenvalue weighted by Crippen LogP contribution is -2.07. The molecule has 16 heavy (non-hydrogen) atoms. The Labute approximate surface area is 100 Å². The van der Waals surface area contributed by atoms with Gasteiger partial charge in [-0.1, -0.05) is 18.3 Å². The van der Waals surface area contributed by atoms with Crippen LogP contribution in [-0.4, -0.2) is 22.1 Å². The van der Waals surface area contributed by atoms with Gasteiger partial charge in [0, 0.05) is 11.9 Å². The molecular weight excluding hydrogens is 263 g/mol. The van der Waals surface area contributed by atoms with E-state index in [4.69, 9.17) is 11.6 Å². The molecule has 1 atom stereocenters. The second kappa shape index (κ2) is 5.67. The number of hydrogen-bond acceptors (Lipinski definition) is 4. The standard InChI is InChI=1S/C8H11ClF3N3S/c1-2-5(9)3-4-13-7-15-14-6(16-7)8(10,11)12/h5H,2-4H2,1H3,(H,13,15). The zero-order chi connectivity index (χ0) is 12.2. The van der Waals surface area contributed by atoms with Crippen LogP contribution < -0.4 is 5.32 Å². The minimum Gasteiger partial charge on any atom is -0.360 e. The number of nitrogens with zero attached hydrogens (tertiary/aromatic N) is 2. The van der Waals surface area contributed by atoms with Gasteiger partial charge < -0.3 is 5.32 Å². The van der Waals surface area contributed by atoms with Crippen molar-refractivity contribution in [2.45, 2.75) is 31.3 Å². The van der Waals surface area contributed by atoms with E-state index in [0.717, 1.165) is 6.42 Å². The van der Waals surface area contributed by atoms with Gasteiger partial charge >= 0.3 is 6.18 Å². The lowest BCUT2D eigenvalue weighted by molar-refractivity contribution is -0.138. The minimum absolute atomic E-state index is 0.0301. The summed E-state index contributed by atoms with van der Waals surface area (Å²) in [6.07, 6.45) is -2.91. The smallest absolute Gasteiger partial charge is 0.360 e. The molecule has 1 N–H and O–H groups in total. The molecule has 0 radical (unpaired) electrons. The van der Waals surface area contributed by atoms with Crippen molar-refractivity contribution in [2.24, 2.45) is 0 Å². The van der Waals surface area contributed by atoms with Crippen molar-refractivity contribution in [2.75, 3.05) is 11.9 Å². The van der Waals surface area contributed by atoms with Crippen LogP contribution in [0.5, 0.6) is 0 Å². The van der Waals surface area contributed by atoms with E-state index >= 15 is 0 Å². The fourth-order valence-electron chi connectivity index (χ4n) is 0.949. The fraction of sp³-hybridized carbons (Fsp3) is 0.750. The van der Waals surface area contributed by atoms with E-state index in [9.17, 15) is 13.2 Å². The van der Waals surface area contributed by atoms with Crippen molar-refractivity contribution >= 4 is 28.1 Å². The third-order valence-electron chi connectivity index (χ3n) is 1.84. The van der Waals surface area contributed by atoms with Crippen LogP contribution in [0.2, 0.25) is 0 Å². The summed E-state index contributed by atoms with van der Waals surface area (Å²) >= 11 is 6.35. The first-order valence-corrected chi connectivity index (χ1v) is 5.97. The van der Waals surface area contributed by atoms with Crippen LogP contribution in [-0.2, 0) is 6.18 Å². The number of alkyl halides is 4. The Balaban J connectivity index is 2.41. The average molecular weight is 274 g/mol. The number of halogens is 4. The molecule has 0 aliphatic heterocycles. The van der Waals surface area contributed by atoms with Gasteiger partial charge in [0.05, 0.1) is 0 Å². The predicted octanol–water partition coefficient (Wildman–Crippen LogP) is 3.38. The second-order valence-electron chi connectivity index (χ2n) is 3.13. The topological polar surface area (TPSA) is 37.8 Å². The van der Waals surface area contributed by atoms with E-state index in [-0.39, 0.29) is 10.5 Å². The molecule has 0 saturated heterocycles. The van der Waals surface area contributed by atoms with Gasteiger partial charge in [-0.25, -0.2) is 0 Å². The van der Waals surface area contributed by atoms with Crippen molar-refractivity contribution in [1.82, 2.24) is 10.2 Å². The summed E-state index contributed by atoms with van der Waals surface area (Å²) in [6.45, 7) is 2.44. The van der Waals surface area contributed by atoms with Gasteiger partial charge in [-0.15, -0.1) is 21.8 Å². The number of aromatic nitrogens is 2. The molecule has 0 fully saturated rings. The molecule has 1 rings (SSSR count). The number of anilines is 1. The molecule has 3 nitrogen and oxygen atoms in total. The van der Waals surface area contributed by atoms with Crippen LogP contribution in [0.25, 0.3) is 0 Å². The molecule has 1 aromatic heterocycles. The average Bonchev–Trinajstić information content (AvgIpc) is 2.65. The summed E-state index contributed by atoms with van der Waals surface area (Å²) in [5.74, 6) is 0. The lowest BCUT2D eigenvalue weighted by atomic mass is 10.2. The fourth-order valence-corrected chi connectivity index (χ4v) is 1.69. The van der Waals surface area contributed by atoms with E-state index in [2.05, 4.69) is 15.5 Å². The Hall–Kier alpha value is -0.560. The Bertz CT molecular complexity index is 329. The van der Waals surface area contributed by atoms with Crippen LogP contribution in [0, 0.1) is 0 Å². The first kappa shape index (κ1) is 13.5. The minimum atomic E-state index is -4.42. The molecule has 1 aromatic rings. The molecule has 0 saturated carbocycles. The molecule has 0 amide bonds. The summed E-state index contributed by atoms with van der Waals surface area (Å²) < 4.78 is 36.5. The maximum absolute atomic E-state index is 12.2. The highest BCUT2D eigenvalue weighted by Gasteiger charge is 2.35. The first-order chi connectivity index (χ1) is 7.43. The Morgan fingerprint density at radius 3 is 2.62 bits per heavy atom. The second-order valence-corrected chi connectivity index (χ2v) is 4.73. The normalized spacial score (nSPS) is 13.8. The highest BCUT2D eigenvalue weighted by molar-refractivity contribution is 7.15. The van der Waals surface area contributed by atoms with Crippen LogP contribution in [0.15, 0.2) is 0 Å². The van der Waals surface area contributed by atoms with Crippen LogP contribution in [0.4, 0.5) is 18.3 Å². The summed E-state index contributed by atoms with van der Waals surface area (Å²) in [5.41, 5.74) is 0. The van der Waals surface area contributed by atoms with Crippen molar-refractivity contribution in [3.05, 3.63) is 5.01 Å². The van der Waals surface area contributed by atoms with Gasteiger partial charge in [0.15, 0.2) is 0 Å². The molecule has 0 aliphatic carbocycles. The van der Waals surface area contributed by atoms with Crippen molar-refractivity contribution < 1.29 is 13.2 Å². The highest BCUT2D eigenvalue weighted by Crippen LogP contribution is 2.32. The van der Waals surface area contributed by atoms with E-state index in [1.54, 1.807) is 0 Å². The maximum atomic E-state index is 12.2. The van der Waals surface area contributed by atoms with Gasteiger partial charge in [-0.3, -0.25) is 0 Å². The molecule has 1 unspecified atom stereocenters. The Morgan fingerprint density at radius 1 is 1.44 bits per heavy atom. The van der Waals surface area contributed by atoms with E-state index in [1.807, 2.05) is 6.92 Å². The van der Waals surface area contributed by atoms with E-state index in [1.165, 1.54) is 0 Å². The molecule has 92 valence electrons. The third kappa shape index (κ3) is 4.13. The molecule has 1 heterocycles. The summed E-state index contributed by atoms with van der Waals surface area (Å²) in [4.78, 5) is 0. The number of nitrogens with one attached hydrogen (secondary N) is 1. The zero-order valence-electron chi connectivity index (χ0n) is 8.51. The van der Waals surface area contributed by atoms with E-state index in [0.29, 0.717) is 24.3 Å². The lowest BCUT2D eigenvalue weighted by Gasteiger charge is -2.05. The van der Waals surface area contributed by atoms with Gasteiger partial charge in [-0.2, -0.15) is 13.2 Å². The molecule has 0 bridgehead atoms.